The van der Waals surface area contributed by atoms with Crippen molar-refractivity contribution in [3.63, 3.8) is 0 Å². The van der Waals surface area contributed by atoms with Crippen LogP contribution in [0.2, 0.25) is 0 Å². The van der Waals surface area contributed by atoms with E-state index in [-0.39, 0.29) is 11.9 Å². The number of carbonyl (C=O) groups excluding carboxylic acids is 1. The molecular weight excluding hydrogens is 362 g/mol. The van der Waals surface area contributed by atoms with Gasteiger partial charge < -0.3 is 24.8 Å². The molecule has 3 N–H and O–H groups in total. The Kier molecular flexibility index (Phi) is 6.35. The summed E-state index contributed by atoms with van der Waals surface area (Å²) >= 11 is 0. The van der Waals surface area contributed by atoms with Gasteiger partial charge in [0.1, 0.15) is 5.82 Å². The van der Waals surface area contributed by atoms with E-state index >= 15 is 0 Å². The number of aromatic amines is 1. The topological polar surface area (TPSA) is 116 Å². The molecule has 1 amide bonds. The number of hydrogen-bond acceptors (Lipinski definition) is 7. The van der Waals surface area contributed by atoms with Crippen LogP contribution >= 0.6 is 0 Å². The lowest BCUT2D eigenvalue weighted by atomic mass is 10.1. The molecule has 0 bridgehead atoms. The van der Waals surface area contributed by atoms with Crippen LogP contribution in [0.15, 0.2) is 12.1 Å². The van der Waals surface area contributed by atoms with Gasteiger partial charge in [0.2, 0.25) is 5.75 Å². The highest BCUT2D eigenvalue weighted by Crippen LogP contribution is 2.40. The van der Waals surface area contributed by atoms with Crippen LogP contribution in [0, 0.1) is 6.92 Å². The molecule has 1 fully saturated rings. The number of carbonyl (C=O) groups is 1. The van der Waals surface area contributed by atoms with E-state index in [0.717, 1.165) is 18.7 Å². The minimum Gasteiger partial charge on any atom is -0.493 e. The van der Waals surface area contributed by atoms with Gasteiger partial charge in [-0.15, -0.1) is 0 Å². The number of ether oxygens (including phenoxy) is 3. The average Bonchev–Trinajstić information content (AvgIpc) is 3.36. The Bertz CT molecular complexity index is 797. The van der Waals surface area contributed by atoms with Gasteiger partial charge >= 0.3 is 0 Å². The predicted molar refractivity (Wildman–Crippen MR) is 103 cm³/mol. The van der Waals surface area contributed by atoms with E-state index in [1.165, 1.54) is 14.2 Å². The first kappa shape index (κ1) is 19.9. The van der Waals surface area contributed by atoms with Gasteiger partial charge in [0.25, 0.3) is 5.91 Å². The summed E-state index contributed by atoms with van der Waals surface area (Å²) in [6, 6.07) is 3.22. The lowest BCUT2D eigenvalue weighted by Crippen LogP contribution is -2.31. The molecule has 1 atom stereocenters. The highest BCUT2D eigenvalue weighted by atomic mass is 16.5. The van der Waals surface area contributed by atoms with E-state index in [0.29, 0.717) is 54.8 Å². The molecule has 3 rings (SSSR count). The van der Waals surface area contributed by atoms with Crippen LogP contribution in [0.5, 0.6) is 17.2 Å². The number of aryl methyl sites for hydroxylation is 1. The second-order valence-electron chi connectivity index (χ2n) is 6.64. The summed E-state index contributed by atoms with van der Waals surface area (Å²) in [6.07, 6.45) is 2.44. The van der Waals surface area contributed by atoms with Crippen LogP contribution in [-0.2, 0) is 0 Å². The van der Waals surface area contributed by atoms with E-state index in [9.17, 15) is 4.79 Å². The molecule has 1 saturated heterocycles. The van der Waals surface area contributed by atoms with Crippen molar-refractivity contribution < 1.29 is 19.0 Å². The van der Waals surface area contributed by atoms with Gasteiger partial charge in [-0.3, -0.25) is 9.89 Å². The highest BCUT2D eigenvalue weighted by Gasteiger charge is 2.34. The maximum Gasteiger partial charge on any atom is 0.254 e. The average molecular weight is 389 g/mol. The van der Waals surface area contributed by atoms with E-state index < -0.39 is 0 Å². The van der Waals surface area contributed by atoms with Crippen LogP contribution in [0.1, 0.15) is 47.3 Å². The second-order valence-corrected chi connectivity index (χ2v) is 6.64. The molecule has 0 spiro atoms. The zero-order chi connectivity index (χ0) is 20.1. The Morgan fingerprint density at radius 2 is 2.04 bits per heavy atom. The standard InChI is InChI=1S/C19H27N5O4/c1-12-21-18(23-22-12)14-6-4-8-24(14)19(25)13-10-15(26-2)17(16(11-13)27-3)28-9-5-7-20/h10-11,14H,4-9,20H2,1-3H3,(H,21,22,23). The second kappa shape index (κ2) is 8.92. The number of likely N-dealkylation sites (tertiary alicyclic amines) is 1. The van der Waals surface area contributed by atoms with E-state index in [1.54, 1.807) is 17.0 Å². The molecule has 1 aliphatic heterocycles. The summed E-state index contributed by atoms with van der Waals surface area (Å²) in [5.41, 5.74) is 6.00. The molecule has 1 aromatic carbocycles. The number of aromatic nitrogens is 3. The summed E-state index contributed by atoms with van der Waals surface area (Å²) in [6.45, 7) is 3.46. The lowest BCUT2D eigenvalue weighted by Gasteiger charge is -2.23. The summed E-state index contributed by atoms with van der Waals surface area (Å²) in [5, 5.41) is 7.09. The van der Waals surface area contributed by atoms with Crippen molar-refractivity contribution in [2.24, 2.45) is 5.73 Å². The number of hydrogen-bond donors (Lipinski definition) is 2. The SMILES string of the molecule is COc1cc(C(=O)N2CCCC2c2n[nH]c(C)n2)cc(OC)c1OCCCN. The summed E-state index contributed by atoms with van der Waals surface area (Å²) in [5.74, 6) is 2.63. The Labute approximate surface area is 164 Å². The Hall–Kier alpha value is -2.81. The van der Waals surface area contributed by atoms with E-state index in [1.807, 2.05) is 6.92 Å². The summed E-state index contributed by atoms with van der Waals surface area (Å²) in [7, 11) is 3.07. The maximum atomic E-state index is 13.2. The molecule has 9 heteroatoms. The maximum absolute atomic E-state index is 13.2. The Balaban J connectivity index is 1.88. The number of nitrogens with one attached hydrogen (secondary N) is 1. The summed E-state index contributed by atoms with van der Waals surface area (Å²) < 4.78 is 16.7. The fourth-order valence-corrected chi connectivity index (χ4v) is 3.36. The molecule has 2 heterocycles. The molecule has 9 nitrogen and oxygen atoms in total. The first-order valence-electron chi connectivity index (χ1n) is 9.37. The largest absolute Gasteiger partial charge is 0.493 e. The van der Waals surface area contributed by atoms with Gasteiger partial charge in [-0.1, -0.05) is 0 Å². The first-order valence-corrected chi connectivity index (χ1v) is 9.37. The third-order valence-corrected chi connectivity index (χ3v) is 4.73. The third-order valence-electron chi connectivity index (χ3n) is 4.73. The van der Waals surface area contributed by atoms with Crippen molar-refractivity contribution in [3.8, 4) is 17.2 Å². The molecule has 152 valence electrons. The van der Waals surface area contributed by atoms with Gasteiger partial charge in [0.15, 0.2) is 17.3 Å². The molecule has 2 aromatic rings. The zero-order valence-corrected chi connectivity index (χ0v) is 16.5. The predicted octanol–water partition coefficient (Wildman–Crippen LogP) is 1.84. The van der Waals surface area contributed by atoms with Crippen molar-refractivity contribution >= 4 is 5.91 Å². The quantitative estimate of drug-likeness (QED) is 0.662. The number of nitrogens with zero attached hydrogens (tertiary/aromatic N) is 3. The Morgan fingerprint density at radius 3 is 2.61 bits per heavy atom. The fourth-order valence-electron chi connectivity index (χ4n) is 3.36. The lowest BCUT2D eigenvalue weighted by molar-refractivity contribution is 0.0729. The number of H-pyrrole nitrogens is 1. The van der Waals surface area contributed by atoms with Gasteiger partial charge in [0, 0.05) is 12.1 Å². The van der Waals surface area contributed by atoms with E-state index in [2.05, 4.69) is 15.2 Å². The summed E-state index contributed by atoms with van der Waals surface area (Å²) in [4.78, 5) is 19.4. The van der Waals surface area contributed by atoms with Gasteiger partial charge in [-0.05, 0) is 44.9 Å². The van der Waals surface area contributed by atoms with Gasteiger partial charge in [0.05, 0.1) is 26.9 Å². The first-order chi connectivity index (χ1) is 13.6. The minimum absolute atomic E-state index is 0.116. The zero-order valence-electron chi connectivity index (χ0n) is 16.5. The van der Waals surface area contributed by atoms with Crippen molar-refractivity contribution in [2.75, 3.05) is 33.9 Å². The van der Waals surface area contributed by atoms with Crippen LogP contribution in [0.4, 0.5) is 0 Å². The van der Waals surface area contributed by atoms with Crippen LogP contribution in [0.3, 0.4) is 0 Å². The van der Waals surface area contributed by atoms with E-state index in [4.69, 9.17) is 19.9 Å². The van der Waals surface area contributed by atoms with Crippen molar-refractivity contribution in [2.45, 2.75) is 32.2 Å². The van der Waals surface area contributed by atoms with Crippen molar-refractivity contribution in [1.82, 2.24) is 20.1 Å². The number of rotatable bonds is 8. The fraction of sp³-hybridized carbons (Fsp3) is 0.526. The monoisotopic (exact) mass is 389 g/mol. The minimum atomic E-state index is -0.144. The van der Waals surface area contributed by atoms with Crippen molar-refractivity contribution in [1.29, 1.82) is 0 Å². The molecule has 28 heavy (non-hydrogen) atoms. The number of nitrogens with two attached hydrogens (primary N) is 1. The van der Waals surface area contributed by atoms with Gasteiger partial charge in [-0.2, -0.15) is 5.10 Å². The normalized spacial score (nSPS) is 16.3. The van der Waals surface area contributed by atoms with Crippen LogP contribution in [-0.4, -0.2) is 59.9 Å². The third kappa shape index (κ3) is 4.04. The Morgan fingerprint density at radius 1 is 1.32 bits per heavy atom. The smallest absolute Gasteiger partial charge is 0.254 e. The van der Waals surface area contributed by atoms with Crippen molar-refractivity contribution in [3.05, 3.63) is 29.3 Å². The molecule has 0 aliphatic carbocycles. The molecule has 0 radical (unpaired) electrons. The number of benzene rings is 1. The number of methoxy groups -OCH3 is 2. The number of amides is 1. The molecule has 1 aromatic heterocycles. The molecule has 1 unspecified atom stereocenters. The van der Waals surface area contributed by atoms with Crippen LogP contribution in [0.25, 0.3) is 0 Å². The molecular formula is C19H27N5O4. The molecule has 1 aliphatic rings. The molecule has 0 saturated carbocycles. The highest BCUT2D eigenvalue weighted by molar-refractivity contribution is 5.96. The van der Waals surface area contributed by atoms with Crippen LogP contribution < -0.4 is 19.9 Å². The van der Waals surface area contributed by atoms with Gasteiger partial charge in [-0.25, -0.2) is 4.98 Å².